The second-order valence-corrected chi connectivity index (χ2v) is 7.61. The minimum atomic E-state index is -0.920. The van der Waals surface area contributed by atoms with Gasteiger partial charge in [0.15, 0.2) is 0 Å². The van der Waals surface area contributed by atoms with Crippen LogP contribution in [0.2, 0.25) is 0 Å². The number of rotatable bonds is 3. The van der Waals surface area contributed by atoms with Crippen molar-refractivity contribution in [2.24, 2.45) is 0 Å². The number of piperazine rings is 1. The highest BCUT2D eigenvalue weighted by molar-refractivity contribution is 6.29. The van der Waals surface area contributed by atoms with Gasteiger partial charge >= 0.3 is 6.09 Å². The maximum atomic E-state index is 12.9. The average molecular weight is 379 g/mol. The van der Waals surface area contributed by atoms with Crippen LogP contribution < -0.4 is 0 Å². The Morgan fingerprint density at radius 1 is 1.23 bits per heavy atom. The maximum Gasteiger partial charge on any atom is 0.411 e. The lowest BCUT2D eigenvalue weighted by Crippen LogP contribution is -2.60. The van der Waals surface area contributed by atoms with Crippen LogP contribution >= 0.6 is 11.6 Å². The van der Waals surface area contributed by atoms with Crippen LogP contribution in [0.4, 0.5) is 4.79 Å². The van der Waals surface area contributed by atoms with Gasteiger partial charge in [-0.05, 0) is 32.9 Å². The van der Waals surface area contributed by atoms with Crippen LogP contribution in [0.5, 0.6) is 0 Å². The molecule has 1 aliphatic rings. The highest BCUT2D eigenvalue weighted by Crippen LogP contribution is 2.23. The molecule has 1 atom stereocenters. The lowest BCUT2D eigenvalue weighted by molar-refractivity contribution is -0.138. The van der Waals surface area contributed by atoms with Crippen LogP contribution in [0.1, 0.15) is 37.6 Å². The quantitative estimate of drug-likeness (QED) is 0.756. The van der Waals surface area contributed by atoms with Gasteiger partial charge in [0.05, 0.1) is 0 Å². The van der Waals surface area contributed by atoms with E-state index in [9.17, 15) is 14.4 Å². The fourth-order valence-corrected chi connectivity index (χ4v) is 2.82. The minimum absolute atomic E-state index is 0.0538. The van der Waals surface area contributed by atoms with Crippen molar-refractivity contribution in [1.82, 2.24) is 9.80 Å². The van der Waals surface area contributed by atoms with Crippen molar-refractivity contribution in [1.29, 1.82) is 0 Å². The molecule has 2 rings (SSSR count). The third-order valence-electron chi connectivity index (χ3n) is 3.80. The predicted octanol–water partition coefficient (Wildman–Crippen LogP) is 3.42. The first-order valence-corrected chi connectivity index (χ1v) is 8.71. The monoisotopic (exact) mass is 378 g/mol. The molecule has 1 heterocycles. The van der Waals surface area contributed by atoms with Crippen LogP contribution in [0, 0.1) is 0 Å². The second-order valence-electron chi connectivity index (χ2n) is 7.07. The van der Waals surface area contributed by atoms with Gasteiger partial charge in [-0.25, -0.2) is 4.79 Å². The van der Waals surface area contributed by atoms with E-state index in [0.29, 0.717) is 5.56 Å². The highest BCUT2D eigenvalue weighted by Gasteiger charge is 2.41. The molecule has 0 N–H and O–H groups in total. The molecule has 1 aromatic carbocycles. The van der Waals surface area contributed by atoms with Crippen molar-refractivity contribution < 1.29 is 19.1 Å². The number of ether oxygens (including phenoxy) is 1. The van der Waals surface area contributed by atoms with E-state index in [2.05, 4.69) is 6.58 Å². The number of benzene rings is 1. The van der Waals surface area contributed by atoms with E-state index >= 15 is 0 Å². The van der Waals surface area contributed by atoms with Gasteiger partial charge in [-0.15, -0.1) is 0 Å². The van der Waals surface area contributed by atoms with Crippen molar-refractivity contribution in [2.75, 3.05) is 13.1 Å². The lowest BCUT2D eigenvalue weighted by atomic mass is 10.1. The molecule has 1 saturated heterocycles. The van der Waals surface area contributed by atoms with Gasteiger partial charge in [0, 0.05) is 30.1 Å². The molecule has 0 bridgehead atoms. The minimum Gasteiger partial charge on any atom is -0.444 e. The summed E-state index contributed by atoms with van der Waals surface area (Å²) in [6, 6.07) is 7.62. The summed E-state index contributed by atoms with van der Waals surface area (Å²) in [4.78, 5) is 40.5. The largest absolute Gasteiger partial charge is 0.444 e. The summed E-state index contributed by atoms with van der Waals surface area (Å²) in [5.74, 6) is -0.887. The summed E-state index contributed by atoms with van der Waals surface area (Å²) in [6.45, 7) is 9.12. The van der Waals surface area contributed by atoms with Crippen LogP contribution in [0.15, 0.2) is 41.9 Å². The van der Waals surface area contributed by atoms with Crippen molar-refractivity contribution in [3.05, 3.63) is 47.5 Å². The molecule has 26 heavy (non-hydrogen) atoms. The molecule has 0 aromatic heterocycles. The SMILES string of the molecule is C=C(Cl)C[C@H]1C(=O)N(C(=O)c2ccccc2)CCN1C(=O)OC(C)(C)C. The van der Waals surface area contributed by atoms with E-state index in [0.717, 1.165) is 4.90 Å². The summed E-state index contributed by atoms with van der Waals surface area (Å²) in [6.07, 6.45) is -0.557. The molecule has 1 aromatic rings. The molecule has 0 spiro atoms. The van der Waals surface area contributed by atoms with Crippen LogP contribution in [0.25, 0.3) is 0 Å². The fraction of sp³-hybridized carbons (Fsp3) is 0.421. The second kappa shape index (κ2) is 7.91. The summed E-state index contributed by atoms with van der Waals surface area (Å²) in [7, 11) is 0. The molecular weight excluding hydrogens is 356 g/mol. The van der Waals surface area contributed by atoms with E-state index in [1.165, 1.54) is 4.90 Å². The van der Waals surface area contributed by atoms with Gasteiger partial charge in [-0.2, -0.15) is 0 Å². The molecular formula is C19H23ClN2O4. The number of hydrogen-bond donors (Lipinski definition) is 0. The van der Waals surface area contributed by atoms with Gasteiger partial charge in [0.1, 0.15) is 11.6 Å². The molecule has 7 heteroatoms. The number of halogens is 1. The smallest absolute Gasteiger partial charge is 0.411 e. The normalized spacial score (nSPS) is 17.8. The summed E-state index contributed by atoms with van der Waals surface area (Å²) in [5, 5.41) is 0.228. The van der Waals surface area contributed by atoms with E-state index in [4.69, 9.17) is 16.3 Å². The van der Waals surface area contributed by atoms with Gasteiger partial charge in [0.2, 0.25) is 0 Å². The van der Waals surface area contributed by atoms with Crippen molar-refractivity contribution in [3.63, 3.8) is 0 Å². The maximum absolute atomic E-state index is 12.9. The van der Waals surface area contributed by atoms with E-state index in [1.807, 2.05) is 0 Å². The Bertz CT molecular complexity index is 712. The molecule has 0 aliphatic carbocycles. The summed E-state index contributed by atoms with van der Waals surface area (Å²) >= 11 is 5.89. The Kier molecular flexibility index (Phi) is 6.08. The molecule has 140 valence electrons. The Hall–Kier alpha value is -2.34. The third kappa shape index (κ3) is 4.85. The first-order chi connectivity index (χ1) is 12.1. The number of hydrogen-bond acceptors (Lipinski definition) is 4. The van der Waals surface area contributed by atoms with E-state index in [1.54, 1.807) is 51.1 Å². The highest BCUT2D eigenvalue weighted by atomic mass is 35.5. The van der Waals surface area contributed by atoms with Crippen molar-refractivity contribution >= 4 is 29.5 Å². The van der Waals surface area contributed by atoms with Crippen molar-refractivity contribution in [3.8, 4) is 0 Å². The zero-order valence-corrected chi connectivity index (χ0v) is 16.0. The van der Waals surface area contributed by atoms with Crippen LogP contribution in [0.3, 0.4) is 0 Å². The summed E-state index contributed by atoms with van der Waals surface area (Å²) in [5.41, 5.74) is -0.283. The number of carbonyl (C=O) groups excluding carboxylic acids is 3. The zero-order valence-electron chi connectivity index (χ0n) is 15.2. The first-order valence-electron chi connectivity index (χ1n) is 8.34. The van der Waals surface area contributed by atoms with Gasteiger partial charge < -0.3 is 4.74 Å². The van der Waals surface area contributed by atoms with Gasteiger partial charge in [-0.1, -0.05) is 36.4 Å². The standard InChI is InChI=1S/C19H23ClN2O4/c1-13(20)12-15-17(24)22(16(23)14-8-6-5-7-9-14)11-10-21(15)18(25)26-19(2,3)4/h5-9,15H,1,10-12H2,2-4H3/t15-/m0/s1. The van der Waals surface area contributed by atoms with Crippen molar-refractivity contribution in [2.45, 2.75) is 38.8 Å². The Morgan fingerprint density at radius 3 is 2.38 bits per heavy atom. The molecule has 0 radical (unpaired) electrons. The van der Waals surface area contributed by atoms with E-state index in [-0.39, 0.29) is 24.5 Å². The van der Waals surface area contributed by atoms with Crippen LogP contribution in [-0.4, -0.2) is 52.4 Å². The molecule has 0 unspecified atom stereocenters. The van der Waals surface area contributed by atoms with Gasteiger partial charge in [0.25, 0.3) is 11.8 Å². The Morgan fingerprint density at radius 2 is 1.85 bits per heavy atom. The molecule has 3 amide bonds. The summed E-state index contributed by atoms with van der Waals surface area (Å²) < 4.78 is 5.38. The molecule has 1 fully saturated rings. The van der Waals surface area contributed by atoms with Crippen LogP contribution in [-0.2, 0) is 9.53 Å². The molecule has 0 saturated carbocycles. The number of nitrogens with zero attached hydrogens (tertiary/aromatic N) is 2. The Balaban J connectivity index is 2.24. The third-order valence-corrected chi connectivity index (χ3v) is 3.95. The predicted molar refractivity (Wildman–Crippen MR) is 98.8 cm³/mol. The van der Waals surface area contributed by atoms with Gasteiger partial charge in [-0.3, -0.25) is 19.4 Å². The zero-order chi connectivity index (χ0) is 19.5. The van der Waals surface area contributed by atoms with E-state index < -0.39 is 29.6 Å². The topological polar surface area (TPSA) is 66.9 Å². The fourth-order valence-electron chi connectivity index (χ4n) is 2.67. The lowest BCUT2D eigenvalue weighted by Gasteiger charge is -2.40. The number of amides is 3. The average Bonchev–Trinajstić information content (AvgIpc) is 2.54. The Labute approximate surface area is 158 Å². The molecule has 1 aliphatic heterocycles. The number of imide groups is 1. The first kappa shape index (κ1) is 20.0. The number of carbonyl (C=O) groups is 3. The molecule has 6 nitrogen and oxygen atoms in total.